The summed E-state index contributed by atoms with van der Waals surface area (Å²) in [6.45, 7) is 2.54. The summed E-state index contributed by atoms with van der Waals surface area (Å²) in [4.78, 5) is 12.4. The molecule has 0 aliphatic carbocycles. The summed E-state index contributed by atoms with van der Waals surface area (Å²) in [6.07, 6.45) is 0.170. The highest BCUT2D eigenvalue weighted by Gasteiger charge is 1.99. The number of rotatable bonds is 6. The maximum absolute atomic E-state index is 11.1. The quantitative estimate of drug-likeness (QED) is 0.744. The first kappa shape index (κ1) is 13.1. The second kappa shape index (κ2) is 7.30. The summed E-state index contributed by atoms with van der Waals surface area (Å²) in [5.41, 5.74) is 1.08. The van der Waals surface area contributed by atoms with Gasteiger partial charge in [0.25, 0.3) is 0 Å². The van der Waals surface area contributed by atoms with E-state index in [1.165, 1.54) is 4.90 Å². The van der Waals surface area contributed by atoms with E-state index in [-0.39, 0.29) is 18.9 Å². The molecule has 0 aliphatic rings. The standard InChI is InChI=1S/C12H17NO2S/c1-2-16-11-5-3-10(4-6-11)9-13-12(15)7-8-14/h3-6,14H,2,7-9H2,1H3,(H,13,15). The van der Waals surface area contributed by atoms with Gasteiger partial charge in [0.15, 0.2) is 0 Å². The fourth-order valence-electron chi connectivity index (χ4n) is 1.26. The Morgan fingerprint density at radius 3 is 2.62 bits per heavy atom. The number of hydrogen-bond donors (Lipinski definition) is 2. The van der Waals surface area contributed by atoms with Gasteiger partial charge < -0.3 is 10.4 Å². The smallest absolute Gasteiger partial charge is 0.222 e. The summed E-state index contributed by atoms with van der Waals surface area (Å²) in [5.74, 6) is 0.946. The van der Waals surface area contributed by atoms with Crippen molar-refractivity contribution in [1.29, 1.82) is 0 Å². The van der Waals surface area contributed by atoms with Gasteiger partial charge in [-0.25, -0.2) is 0 Å². The second-order valence-electron chi connectivity index (χ2n) is 3.33. The molecule has 0 bridgehead atoms. The summed E-state index contributed by atoms with van der Waals surface area (Å²) < 4.78 is 0. The lowest BCUT2D eigenvalue weighted by molar-refractivity contribution is -0.121. The molecule has 0 heterocycles. The van der Waals surface area contributed by atoms with Crippen molar-refractivity contribution >= 4 is 17.7 Å². The highest BCUT2D eigenvalue weighted by Crippen LogP contribution is 2.17. The Hall–Kier alpha value is -1.00. The third-order valence-corrected chi connectivity index (χ3v) is 2.96. The molecular weight excluding hydrogens is 222 g/mol. The van der Waals surface area contributed by atoms with Crippen LogP contribution in [0.1, 0.15) is 18.9 Å². The van der Waals surface area contributed by atoms with Gasteiger partial charge in [-0.05, 0) is 23.4 Å². The van der Waals surface area contributed by atoms with Crippen LogP contribution in [0.2, 0.25) is 0 Å². The molecule has 0 unspecified atom stereocenters. The van der Waals surface area contributed by atoms with Crippen molar-refractivity contribution in [3.05, 3.63) is 29.8 Å². The van der Waals surface area contributed by atoms with E-state index in [0.717, 1.165) is 11.3 Å². The topological polar surface area (TPSA) is 49.3 Å². The van der Waals surface area contributed by atoms with E-state index in [1.54, 1.807) is 11.8 Å². The molecule has 0 atom stereocenters. The lowest BCUT2D eigenvalue weighted by Gasteiger charge is -2.05. The van der Waals surface area contributed by atoms with Crippen LogP contribution in [0.3, 0.4) is 0 Å². The molecular formula is C12H17NO2S. The van der Waals surface area contributed by atoms with E-state index < -0.39 is 0 Å². The van der Waals surface area contributed by atoms with Gasteiger partial charge >= 0.3 is 0 Å². The molecule has 4 heteroatoms. The highest BCUT2D eigenvalue weighted by molar-refractivity contribution is 7.99. The van der Waals surface area contributed by atoms with Crippen LogP contribution >= 0.6 is 11.8 Å². The average Bonchev–Trinajstić information content (AvgIpc) is 2.29. The number of aliphatic hydroxyl groups excluding tert-OH is 1. The van der Waals surface area contributed by atoms with Crippen molar-refractivity contribution in [2.45, 2.75) is 24.8 Å². The van der Waals surface area contributed by atoms with Gasteiger partial charge in [0.1, 0.15) is 0 Å². The van der Waals surface area contributed by atoms with Gasteiger partial charge in [-0.2, -0.15) is 0 Å². The van der Waals surface area contributed by atoms with Crippen LogP contribution in [0.4, 0.5) is 0 Å². The lowest BCUT2D eigenvalue weighted by Crippen LogP contribution is -2.23. The molecule has 0 saturated heterocycles. The number of benzene rings is 1. The van der Waals surface area contributed by atoms with Gasteiger partial charge in [0, 0.05) is 17.9 Å². The minimum absolute atomic E-state index is 0.0993. The first-order chi connectivity index (χ1) is 7.76. The number of nitrogens with one attached hydrogen (secondary N) is 1. The number of aliphatic hydroxyl groups is 1. The van der Waals surface area contributed by atoms with E-state index in [0.29, 0.717) is 6.54 Å². The minimum Gasteiger partial charge on any atom is -0.396 e. The molecule has 3 nitrogen and oxygen atoms in total. The largest absolute Gasteiger partial charge is 0.396 e. The SMILES string of the molecule is CCSc1ccc(CNC(=O)CCO)cc1. The zero-order chi connectivity index (χ0) is 11.8. The molecule has 1 amide bonds. The van der Waals surface area contributed by atoms with Crippen LogP contribution in [0.25, 0.3) is 0 Å². The molecule has 0 radical (unpaired) electrons. The van der Waals surface area contributed by atoms with Gasteiger partial charge in [-0.15, -0.1) is 11.8 Å². The number of carbonyl (C=O) groups is 1. The number of thioether (sulfide) groups is 1. The van der Waals surface area contributed by atoms with Gasteiger partial charge in [0.2, 0.25) is 5.91 Å². The molecule has 1 aromatic carbocycles. The maximum Gasteiger partial charge on any atom is 0.222 e. The molecule has 88 valence electrons. The van der Waals surface area contributed by atoms with E-state index in [2.05, 4.69) is 24.4 Å². The van der Waals surface area contributed by atoms with E-state index in [1.807, 2.05) is 12.1 Å². The van der Waals surface area contributed by atoms with Crippen molar-refractivity contribution in [2.75, 3.05) is 12.4 Å². The van der Waals surface area contributed by atoms with Gasteiger partial charge in [0.05, 0.1) is 6.61 Å². The minimum atomic E-state index is -0.116. The Balaban J connectivity index is 2.40. The first-order valence-electron chi connectivity index (χ1n) is 5.35. The van der Waals surface area contributed by atoms with Crippen molar-refractivity contribution < 1.29 is 9.90 Å². The lowest BCUT2D eigenvalue weighted by atomic mass is 10.2. The second-order valence-corrected chi connectivity index (χ2v) is 4.66. The van der Waals surface area contributed by atoms with E-state index in [4.69, 9.17) is 5.11 Å². The van der Waals surface area contributed by atoms with Gasteiger partial charge in [-0.1, -0.05) is 19.1 Å². The molecule has 16 heavy (non-hydrogen) atoms. The average molecular weight is 239 g/mol. The Morgan fingerprint density at radius 1 is 1.38 bits per heavy atom. The number of hydrogen-bond acceptors (Lipinski definition) is 3. The maximum atomic E-state index is 11.1. The predicted octanol–water partition coefficient (Wildman–Crippen LogP) is 1.80. The first-order valence-corrected chi connectivity index (χ1v) is 6.34. The predicted molar refractivity (Wildman–Crippen MR) is 66.4 cm³/mol. The van der Waals surface area contributed by atoms with Crippen LogP contribution in [0, 0.1) is 0 Å². The monoisotopic (exact) mass is 239 g/mol. The molecule has 0 fully saturated rings. The zero-order valence-electron chi connectivity index (χ0n) is 9.40. The van der Waals surface area contributed by atoms with E-state index >= 15 is 0 Å². The zero-order valence-corrected chi connectivity index (χ0v) is 10.2. The van der Waals surface area contributed by atoms with Gasteiger partial charge in [-0.3, -0.25) is 4.79 Å². The molecule has 0 aromatic heterocycles. The molecule has 2 N–H and O–H groups in total. The van der Waals surface area contributed by atoms with Crippen LogP contribution in [-0.4, -0.2) is 23.4 Å². The Labute approximate surface area is 100 Å². The summed E-state index contributed by atoms with van der Waals surface area (Å²) in [5, 5.41) is 11.3. The molecule has 1 aromatic rings. The summed E-state index contributed by atoms with van der Waals surface area (Å²) in [6, 6.07) is 8.14. The number of carbonyl (C=O) groups excluding carboxylic acids is 1. The number of amides is 1. The fourth-order valence-corrected chi connectivity index (χ4v) is 1.92. The third kappa shape index (κ3) is 4.68. The Kier molecular flexibility index (Phi) is 5.96. The highest BCUT2D eigenvalue weighted by atomic mass is 32.2. The third-order valence-electron chi connectivity index (χ3n) is 2.06. The fraction of sp³-hybridized carbons (Fsp3) is 0.417. The van der Waals surface area contributed by atoms with Crippen molar-refractivity contribution in [1.82, 2.24) is 5.32 Å². The normalized spacial score (nSPS) is 10.1. The van der Waals surface area contributed by atoms with Crippen molar-refractivity contribution in [3.63, 3.8) is 0 Å². The molecule has 0 aliphatic heterocycles. The van der Waals surface area contributed by atoms with Crippen LogP contribution in [0.15, 0.2) is 29.2 Å². The van der Waals surface area contributed by atoms with Crippen LogP contribution in [-0.2, 0) is 11.3 Å². The molecule has 1 rings (SSSR count). The van der Waals surface area contributed by atoms with Crippen molar-refractivity contribution in [2.24, 2.45) is 0 Å². The van der Waals surface area contributed by atoms with E-state index in [9.17, 15) is 4.79 Å². The van der Waals surface area contributed by atoms with Crippen LogP contribution < -0.4 is 5.32 Å². The molecule has 0 spiro atoms. The van der Waals surface area contributed by atoms with Crippen molar-refractivity contribution in [3.8, 4) is 0 Å². The molecule has 0 saturated carbocycles. The Morgan fingerprint density at radius 2 is 2.06 bits per heavy atom. The van der Waals surface area contributed by atoms with Crippen LogP contribution in [0.5, 0.6) is 0 Å². The Bertz CT molecular complexity index is 324. The summed E-state index contributed by atoms with van der Waals surface area (Å²) in [7, 11) is 0. The summed E-state index contributed by atoms with van der Waals surface area (Å²) >= 11 is 1.80.